The molecule has 100 valence electrons. The van der Waals surface area contributed by atoms with E-state index in [0.717, 1.165) is 0 Å². The summed E-state index contributed by atoms with van der Waals surface area (Å²) in [6.07, 6.45) is -3.45. The summed E-state index contributed by atoms with van der Waals surface area (Å²) < 4.78 is 38.3. The van der Waals surface area contributed by atoms with E-state index >= 15 is 0 Å². The smallest absolute Gasteiger partial charge is 0.218 e. The summed E-state index contributed by atoms with van der Waals surface area (Å²) in [4.78, 5) is 0. The standard InChI is InChI=1S/C11H7Cl4F3/c1-5(9(14)11(15,18)10(16)17)6-2-7(12)4-8(13)3-6/h2-4,9-10H,1H2. The van der Waals surface area contributed by atoms with E-state index in [9.17, 15) is 13.2 Å². The molecule has 0 amide bonds. The minimum atomic E-state index is -3.45. The second-order valence-corrected chi connectivity index (χ2v) is 5.41. The molecule has 1 aromatic carbocycles. The van der Waals surface area contributed by atoms with Crippen LogP contribution in [-0.4, -0.2) is 16.9 Å². The molecule has 2 unspecified atom stereocenters. The lowest BCUT2D eigenvalue weighted by molar-refractivity contribution is 0.0271. The topological polar surface area (TPSA) is 0 Å². The summed E-state index contributed by atoms with van der Waals surface area (Å²) in [6.45, 7) is 3.45. The molecule has 0 nitrogen and oxygen atoms in total. The van der Waals surface area contributed by atoms with Crippen molar-refractivity contribution in [3.05, 3.63) is 40.4 Å². The van der Waals surface area contributed by atoms with Crippen molar-refractivity contribution in [2.45, 2.75) is 16.9 Å². The molecule has 0 N–H and O–H groups in total. The van der Waals surface area contributed by atoms with Crippen molar-refractivity contribution in [2.24, 2.45) is 0 Å². The van der Waals surface area contributed by atoms with E-state index in [1.807, 2.05) is 0 Å². The Labute approximate surface area is 122 Å². The molecule has 0 aliphatic rings. The van der Waals surface area contributed by atoms with Crippen LogP contribution in [0.25, 0.3) is 5.57 Å². The Morgan fingerprint density at radius 2 is 1.61 bits per heavy atom. The second kappa shape index (κ2) is 5.91. The van der Waals surface area contributed by atoms with Gasteiger partial charge in [-0.3, -0.25) is 0 Å². The maximum atomic E-state index is 13.5. The highest BCUT2D eigenvalue weighted by Crippen LogP contribution is 2.40. The van der Waals surface area contributed by atoms with Gasteiger partial charge in [-0.25, -0.2) is 13.2 Å². The van der Waals surface area contributed by atoms with Gasteiger partial charge in [-0.05, 0) is 29.3 Å². The van der Waals surface area contributed by atoms with E-state index in [1.165, 1.54) is 18.2 Å². The zero-order valence-electron chi connectivity index (χ0n) is 8.74. The molecule has 0 bridgehead atoms. The largest absolute Gasteiger partial charge is 0.287 e. The van der Waals surface area contributed by atoms with Gasteiger partial charge in [0.25, 0.3) is 11.6 Å². The van der Waals surface area contributed by atoms with E-state index in [2.05, 4.69) is 6.58 Å². The second-order valence-electron chi connectivity index (χ2n) is 3.52. The zero-order valence-corrected chi connectivity index (χ0v) is 11.8. The third-order valence-electron chi connectivity index (χ3n) is 2.17. The summed E-state index contributed by atoms with van der Waals surface area (Å²) in [5, 5.41) is -4.72. The molecule has 1 rings (SSSR count). The molecule has 0 aromatic heterocycles. The molecule has 7 heteroatoms. The maximum absolute atomic E-state index is 13.5. The summed E-state index contributed by atoms with van der Waals surface area (Å²) in [7, 11) is 0. The van der Waals surface area contributed by atoms with Crippen LogP contribution in [0, 0.1) is 0 Å². The number of allylic oxidation sites excluding steroid dienone is 1. The lowest BCUT2D eigenvalue weighted by atomic mass is 10.0. The van der Waals surface area contributed by atoms with E-state index in [4.69, 9.17) is 46.4 Å². The Bertz CT molecular complexity index is 439. The molecule has 0 spiro atoms. The Balaban J connectivity index is 3.07. The molecule has 0 heterocycles. The first-order chi connectivity index (χ1) is 8.16. The first-order valence-electron chi connectivity index (χ1n) is 4.61. The van der Waals surface area contributed by atoms with Crippen molar-refractivity contribution >= 4 is 52.0 Å². The number of rotatable bonds is 4. The molecule has 0 aliphatic carbocycles. The monoisotopic (exact) mass is 336 g/mol. The fourth-order valence-corrected chi connectivity index (χ4v) is 2.11. The average Bonchev–Trinajstić information content (AvgIpc) is 2.25. The van der Waals surface area contributed by atoms with E-state index in [1.54, 1.807) is 0 Å². The van der Waals surface area contributed by atoms with Crippen molar-refractivity contribution in [3.8, 4) is 0 Å². The molecule has 0 fully saturated rings. The van der Waals surface area contributed by atoms with Crippen LogP contribution in [0.3, 0.4) is 0 Å². The SMILES string of the molecule is C=C(c1cc(Cl)cc(Cl)c1)C(Cl)C(F)(Cl)C(F)F. The molecule has 1 aromatic rings. The quantitative estimate of drug-likeness (QED) is 0.610. The molecular formula is C11H7Cl4F3. The predicted molar refractivity (Wildman–Crippen MR) is 70.8 cm³/mol. The van der Waals surface area contributed by atoms with Gasteiger partial charge < -0.3 is 0 Å². The maximum Gasteiger partial charge on any atom is 0.287 e. The third-order valence-corrected chi connectivity index (χ3v) is 3.68. The first kappa shape index (κ1) is 16.0. The van der Waals surface area contributed by atoms with Gasteiger partial charge in [0.2, 0.25) is 0 Å². The van der Waals surface area contributed by atoms with Gasteiger partial charge in [0.15, 0.2) is 0 Å². The normalized spacial score (nSPS) is 16.4. The van der Waals surface area contributed by atoms with Crippen LogP contribution in [0.4, 0.5) is 13.2 Å². The van der Waals surface area contributed by atoms with Crippen molar-refractivity contribution < 1.29 is 13.2 Å². The number of hydrogen-bond donors (Lipinski definition) is 0. The van der Waals surface area contributed by atoms with E-state index in [-0.39, 0.29) is 21.2 Å². The van der Waals surface area contributed by atoms with Gasteiger partial charge in [-0.15, -0.1) is 11.6 Å². The van der Waals surface area contributed by atoms with Gasteiger partial charge in [-0.1, -0.05) is 41.4 Å². The van der Waals surface area contributed by atoms with Crippen LogP contribution in [0.2, 0.25) is 10.0 Å². The summed E-state index contributed by atoms with van der Waals surface area (Å²) in [5.41, 5.74) is 0.120. The molecular weight excluding hydrogens is 331 g/mol. The van der Waals surface area contributed by atoms with Gasteiger partial charge >= 0.3 is 0 Å². The van der Waals surface area contributed by atoms with Crippen LogP contribution in [0.15, 0.2) is 24.8 Å². The average molecular weight is 338 g/mol. The lowest BCUT2D eigenvalue weighted by Gasteiger charge is -2.24. The van der Waals surface area contributed by atoms with Crippen molar-refractivity contribution in [1.82, 2.24) is 0 Å². The van der Waals surface area contributed by atoms with E-state index in [0.29, 0.717) is 0 Å². The Hall–Kier alpha value is -0.0900. The van der Waals surface area contributed by atoms with Crippen LogP contribution in [0.5, 0.6) is 0 Å². The molecule has 2 atom stereocenters. The third kappa shape index (κ3) is 3.47. The Kier molecular flexibility index (Phi) is 5.24. The molecule has 18 heavy (non-hydrogen) atoms. The number of hydrogen-bond acceptors (Lipinski definition) is 0. The predicted octanol–water partition coefficient (Wildman–Crippen LogP) is 5.78. The summed E-state index contributed by atoms with van der Waals surface area (Å²) >= 11 is 22.1. The summed E-state index contributed by atoms with van der Waals surface area (Å²) in [6, 6.07) is 4.19. The zero-order chi connectivity index (χ0) is 14.1. The highest BCUT2D eigenvalue weighted by atomic mass is 35.5. The van der Waals surface area contributed by atoms with E-state index < -0.39 is 16.9 Å². The minimum Gasteiger partial charge on any atom is -0.218 e. The fraction of sp³-hybridized carbons (Fsp3) is 0.273. The molecule has 0 aliphatic heterocycles. The summed E-state index contributed by atoms with van der Waals surface area (Å²) in [5.74, 6) is 0. The van der Waals surface area contributed by atoms with Crippen molar-refractivity contribution in [3.63, 3.8) is 0 Å². The van der Waals surface area contributed by atoms with Crippen molar-refractivity contribution in [2.75, 3.05) is 0 Å². The Morgan fingerprint density at radius 3 is 2.00 bits per heavy atom. The number of halogens is 7. The lowest BCUT2D eigenvalue weighted by Crippen LogP contribution is -2.36. The van der Waals surface area contributed by atoms with Crippen molar-refractivity contribution in [1.29, 1.82) is 0 Å². The van der Waals surface area contributed by atoms with Crippen LogP contribution in [-0.2, 0) is 0 Å². The molecule has 0 saturated heterocycles. The van der Waals surface area contributed by atoms with Gasteiger partial charge in [0.05, 0.1) is 0 Å². The first-order valence-corrected chi connectivity index (χ1v) is 6.18. The van der Waals surface area contributed by atoms with Gasteiger partial charge in [0.1, 0.15) is 5.38 Å². The fourth-order valence-electron chi connectivity index (χ4n) is 1.23. The van der Waals surface area contributed by atoms with Crippen LogP contribution >= 0.6 is 46.4 Å². The van der Waals surface area contributed by atoms with Gasteiger partial charge in [-0.2, -0.15) is 0 Å². The number of alkyl halides is 5. The minimum absolute atomic E-state index is 0.126. The Morgan fingerprint density at radius 1 is 1.17 bits per heavy atom. The highest BCUT2D eigenvalue weighted by molar-refractivity contribution is 6.37. The molecule has 0 radical (unpaired) electrons. The molecule has 0 saturated carbocycles. The number of benzene rings is 1. The highest BCUT2D eigenvalue weighted by Gasteiger charge is 2.46. The van der Waals surface area contributed by atoms with Crippen LogP contribution < -0.4 is 0 Å². The van der Waals surface area contributed by atoms with Gasteiger partial charge in [0, 0.05) is 10.0 Å². The van der Waals surface area contributed by atoms with Crippen LogP contribution in [0.1, 0.15) is 5.56 Å².